The summed E-state index contributed by atoms with van der Waals surface area (Å²) in [5, 5.41) is 0.541. The zero-order valence-corrected chi connectivity index (χ0v) is 12.3. The fraction of sp³-hybridized carbons (Fsp3) is 0.176. The molecule has 0 bridgehead atoms. The molecule has 21 heavy (non-hydrogen) atoms. The summed E-state index contributed by atoms with van der Waals surface area (Å²) >= 11 is 5.77. The zero-order valence-electron chi connectivity index (χ0n) is 11.6. The quantitative estimate of drug-likeness (QED) is 0.615. The smallest absolute Gasteiger partial charge is 0.338 e. The van der Waals surface area contributed by atoms with Gasteiger partial charge in [0.15, 0.2) is 6.10 Å². The lowest BCUT2D eigenvalue weighted by Crippen LogP contribution is -2.26. The first-order chi connectivity index (χ1) is 10.1. The van der Waals surface area contributed by atoms with E-state index in [0.717, 1.165) is 0 Å². The van der Waals surface area contributed by atoms with Gasteiger partial charge in [0.2, 0.25) is 5.78 Å². The number of Topliss-reactive ketones (excluding diaryl/α,β-unsaturated/α-hetero) is 1. The van der Waals surface area contributed by atoms with E-state index in [2.05, 4.69) is 0 Å². The molecule has 1 atom stereocenters. The molecule has 2 aromatic carbocycles. The predicted octanol–water partition coefficient (Wildman–Crippen LogP) is 4.16. The Morgan fingerprint density at radius 2 is 1.62 bits per heavy atom. The van der Waals surface area contributed by atoms with Gasteiger partial charge in [-0.1, -0.05) is 48.9 Å². The van der Waals surface area contributed by atoms with Crippen LogP contribution in [-0.2, 0) is 4.74 Å². The maximum Gasteiger partial charge on any atom is 0.338 e. The van der Waals surface area contributed by atoms with Crippen LogP contribution in [0.3, 0.4) is 0 Å². The number of carbonyl (C=O) groups excluding carboxylic acids is 2. The van der Waals surface area contributed by atoms with Crippen LogP contribution in [0, 0.1) is 0 Å². The van der Waals surface area contributed by atoms with Crippen molar-refractivity contribution in [2.75, 3.05) is 0 Å². The van der Waals surface area contributed by atoms with Crippen molar-refractivity contribution in [1.82, 2.24) is 0 Å². The molecule has 2 aromatic rings. The van der Waals surface area contributed by atoms with E-state index in [9.17, 15) is 9.59 Å². The highest BCUT2D eigenvalue weighted by molar-refractivity contribution is 6.30. The third-order valence-corrected chi connectivity index (χ3v) is 3.30. The van der Waals surface area contributed by atoms with Crippen molar-refractivity contribution in [3.8, 4) is 0 Å². The summed E-state index contributed by atoms with van der Waals surface area (Å²) in [6, 6.07) is 15.2. The third-order valence-electron chi connectivity index (χ3n) is 3.05. The van der Waals surface area contributed by atoms with Gasteiger partial charge in [0.05, 0.1) is 5.56 Å². The van der Waals surface area contributed by atoms with Crippen molar-refractivity contribution in [1.29, 1.82) is 0 Å². The van der Waals surface area contributed by atoms with E-state index in [-0.39, 0.29) is 5.78 Å². The minimum atomic E-state index is -0.782. The van der Waals surface area contributed by atoms with Crippen molar-refractivity contribution in [3.63, 3.8) is 0 Å². The predicted molar refractivity (Wildman–Crippen MR) is 81.7 cm³/mol. The molecule has 0 aromatic heterocycles. The van der Waals surface area contributed by atoms with Gasteiger partial charge in [0.1, 0.15) is 0 Å². The number of carbonyl (C=O) groups is 2. The van der Waals surface area contributed by atoms with Gasteiger partial charge < -0.3 is 4.74 Å². The number of esters is 1. The van der Waals surface area contributed by atoms with Crippen LogP contribution < -0.4 is 0 Å². The lowest BCUT2D eigenvalue weighted by atomic mass is 10.0. The van der Waals surface area contributed by atoms with Gasteiger partial charge in [-0.15, -0.1) is 0 Å². The normalized spacial score (nSPS) is 11.7. The maximum atomic E-state index is 12.3. The minimum absolute atomic E-state index is 0.194. The molecule has 0 saturated heterocycles. The molecule has 3 nitrogen and oxygen atoms in total. The average molecular weight is 303 g/mol. The second kappa shape index (κ2) is 7.04. The Balaban J connectivity index is 2.10. The van der Waals surface area contributed by atoms with E-state index >= 15 is 0 Å². The first kappa shape index (κ1) is 15.3. The van der Waals surface area contributed by atoms with Crippen LogP contribution in [0.15, 0.2) is 54.6 Å². The molecule has 0 amide bonds. The number of ketones is 1. The second-order valence-corrected chi connectivity index (χ2v) is 4.98. The standard InChI is InChI=1S/C17H15ClO3/c1-2-15(16(19)12-6-4-3-5-7-12)21-17(20)13-8-10-14(18)11-9-13/h3-11,15H,2H2,1H3/t15-/m1/s1. The Morgan fingerprint density at radius 1 is 1.00 bits per heavy atom. The third kappa shape index (κ3) is 3.92. The average Bonchev–Trinajstić information content (AvgIpc) is 2.53. The lowest BCUT2D eigenvalue weighted by molar-refractivity contribution is 0.0277. The molecule has 0 heterocycles. The van der Waals surface area contributed by atoms with Crippen molar-refractivity contribution in [2.45, 2.75) is 19.4 Å². The minimum Gasteiger partial charge on any atom is -0.450 e. The molecule has 0 aliphatic carbocycles. The fourth-order valence-corrected chi connectivity index (χ4v) is 2.02. The van der Waals surface area contributed by atoms with E-state index in [4.69, 9.17) is 16.3 Å². The highest BCUT2D eigenvalue weighted by Gasteiger charge is 2.22. The lowest BCUT2D eigenvalue weighted by Gasteiger charge is -2.15. The summed E-state index contributed by atoms with van der Waals surface area (Å²) in [4.78, 5) is 24.3. The molecule has 0 unspecified atom stereocenters. The Kier molecular flexibility index (Phi) is 5.12. The van der Waals surface area contributed by atoms with Gasteiger partial charge >= 0.3 is 5.97 Å². The Hall–Kier alpha value is -2.13. The molecule has 0 N–H and O–H groups in total. The van der Waals surface area contributed by atoms with Gasteiger partial charge in [0.25, 0.3) is 0 Å². The molecular formula is C17H15ClO3. The highest BCUT2D eigenvalue weighted by atomic mass is 35.5. The molecule has 0 aliphatic heterocycles. The van der Waals surface area contributed by atoms with Crippen molar-refractivity contribution < 1.29 is 14.3 Å². The van der Waals surface area contributed by atoms with E-state index in [1.807, 2.05) is 6.07 Å². The van der Waals surface area contributed by atoms with Crippen LogP contribution >= 0.6 is 11.6 Å². The maximum absolute atomic E-state index is 12.3. The van der Waals surface area contributed by atoms with E-state index in [0.29, 0.717) is 22.6 Å². The van der Waals surface area contributed by atoms with Crippen LogP contribution in [-0.4, -0.2) is 17.9 Å². The van der Waals surface area contributed by atoms with Gasteiger partial charge in [-0.3, -0.25) is 4.79 Å². The van der Waals surface area contributed by atoms with Crippen molar-refractivity contribution in [2.24, 2.45) is 0 Å². The number of benzene rings is 2. The van der Waals surface area contributed by atoms with Crippen LogP contribution in [0.5, 0.6) is 0 Å². The largest absolute Gasteiger partial charge is 0.450 e. The van der Waals surface area contributed by atoms with Crippen LogP contribution in [0.4, 0.5) is 0 Å². The number of hydrogen-bond donors (Lipinski definition) is 0. The molecule has 0 spiro atoms. The molecule has 0 aliphatic rings. The molecule has 0 radical (unpaired) electrons. The number of rotatable bonds is 5. The van der Waals surface area contributed by atoms with E-state index in [1.165, 1.54) is 0 Å². The van der Waals surface area contributed by atoms with Crippen LogP contribution in [0.2, 0.25) is 5.02 Å². The Labute approximate surface area is 128 Å². The fourth-order valence-electron chi connectivity index (χ4n) is 1.89. The Morgan fingerprint density at radius 3 is 2.19 bits per heavy atom. The number of hydrogen-bond acceptors (Lipinski definition) is 3. The van der Waals surface area contributed by atoms with Gasteiger partial charge in [-0.05, 0) is 30.7 Å². The molecule has 0 fully saturated rings. The van der Waals surface area contributed by atoms with Gasteiger partial charge in [-0.25, -0.2) is 4.79 Å². The van der Waals surface area contributed by atoms with Crippen molar-refractivity contribution in [3.05, 3.63) is 70.7 Å². The number of ether oxygens (including phenoxy) is 1. The first-order valence-corrected chi connectivity index (χ1v) is 7.05. The summed E-state index contributed by atoms with van der Waals surface area (Å²) in [5.74, 6) is -0.719. The molecule has 4 heteroatoms. The number of halogens is 1. The topological polar surface area (TPSA) is 43.4 Å². The second-order valence-electron chi connectivity index (χ2n) is 4.54. The monoisotopic (exact) mass is 302 g/mol. The summed E-state index contributed by atoms with van der Waals surface area (Å²) < 4.78 is 5.31. The summed E-state index contributed by atoms with van der Waals surface area (Å²) in [6.45, 7) is 1.81. The molecular weight excluding hydrogens is 288 g/mol. The summed E-state index contributed by atoms with van der Waals surface area (Å²) in [7, 11) is 0. The molecule has 0 saturated carbocycles. The van der Waals surface area contributed by atoms with Crippen LogP contribution in [0.1, 0.15) is 34.1 Å². The van der Waals surface area contributed by atoms with Crippen molar-refractivity contribution >= 4 is 23.4 Å². The Bertz CT molecular complexity index is 620. The summed E-state index contributed by atoms with van der Waals surface area (Å²) in [5.41, 5.74) is 0.909. The van der Waals surface area contributed by atoms with Crippen LogP contribution in [0.25, 0.3) is 0 Å². The van der Waals surface area contributed by atoms with Gasteiger partial charge in [-0.2, -0.15) is 0 Å². The van der Waals surface area contributed by atoms with Gasteiger partial charge in [0, 0.05) is 10.6 Å². The SMILES string of the molecule is CC[C@@H](OC(=O)c1ccc(Cl)cc1)C(=O)c1ccccc1. The van der Waals surface area contributed by atoms with E-state index < -0.39 is 12.1 Å². The zero-order chi connectivity index (χ0) is 15.2. The molecule has 2 rings (SSSR count). The molecule has 108 valence electrons. The van der Waals surface area contributed by atoms with E-state index in [1.54, 1.807) is 55.5 Å². The highest BCUT2D eigenvalue weighted by Crippen LogP contribution is 2.14. The summed E-state index contributed by atoms with van der Waals surface area (Å²) in [6.07, 6.45) is -0.358. The first-order valence-electron chi connectivity index (χ1n) is 6.67.